The Morgan fingerprint density at radius 1 is 0.618 bits per heavy atom. The molecule has 0 spiro atoms. The Morgan fingerprint density at radius 3 is 1.55 bits per heavy atom. The molecule has 0 fully saturated rings. The Labute approximate surface area is 460 Å². The fraction of sp³-hybridized carbons (Fsp3) is 0.434. The van der Waals surface area contributed by atoms with Crippen LogP contribution in [0.2, 0.25) is 0 Å². The van der Waals surface area contributed by atoms with Crippen molar-refractivity contribution in [1.29, 1.82) is 0 Å². The van der Waals surface area contributed by atoms with Crippen LogP contribution >= 0.6 is 44.7 Å². The highest BCUT2D eigenvalue weighted by atomic mass is 127. The molecule has 0 bridgehead atoms. The van der Waals surface area contributed by atoms with Crippen LogP contribution in [0.1, 0.15) is 90.5 Å². The van der Waals surface area contributed by atoms with Crippen molar-refractivity contribution in [2.45, 2.75) is 86.0 Å². The van der Waals surface area contributed by atoms with E-state index in [1.165, 1.54) is 25.5 Å². The Bertz CT molecular complexity index is 2880. The largest absolute Gasteiger partial charge is 0.457 e. The molecule has 2 aromatic carbocycles. The number of carbonyl (C=O) groups excluding carboxylic acids is 3. The Hall–Kier alpha value is -4.72. The number of ether oxygens (including phenoxy) is 3. The normalized spacial score (nSPS) is 14.5. The Morgan fingerprint density at radius 2 is 1.07 bits per heavy atom. The molecule has 0 aliphatic carbocycles. The van der Waals surface area contributed by atoms with E-state index in [9.17, 15) is 28.1 Å². The summed E-state index contributed by atoms with van der Waals surface area (Å²) in [5, 5.41) is 9.80. The van der Waals surface area contributed by atoms with Crippen molar-refractivity contribution in [3.63, 3.8) is 0 Å². The van der Waals surface area contributed by atoms with Crippen LogP contribution in [0.4, 0.5) is 4.79 Å². The highest BCUT2D eigenvalue weighted by Crippen LogP contribution is 2.42. The van der Waals surface area contributed by atoms with Crippen LogP contribution in [-0.4, -0.2) is 116 Å². The topological polar surface area (TPSA) is 236 Å². The number of esters is 2. The average molecular weight is 1220 g/mol. The van der Waals surface area contributed by atoms with Crippen LogP contribution in [-0.2, 0) is 74.3 Å². The predicted molar refractivity (Wildman–Crippen MR) is 303 cm³/mol. The van der Waals surface area contributed by atoms with Crippen LogP contribution in [0, 0.1) is 3.57 Å². The molecule has 4 unspecified atom stereocenters. The van der Waals surface area contributed by atoms with Crippen LogP contribution in [0.3, 0.4) is 0 Å². The molecule has 5 rings (SSSR count). The minimum atomic E-state index is -3.56. The van der Waals surface area contributed by atoms with Crippen molar-refractivity contribution in [1.82, 2.24) is 35.8 Å². The predicted octanol–water partition coefficient (Wildman–Crippen LogP) is 8.17. The molecule has 76 heavy (non-hydrogen) atoms. The standard InChI is InChI=1S/C53H71IN7O12P3/c1-10-70-74(7,65)47-27-40(50(62)68-36-38-19-15-13-16-20-38)25-43(58-47)32-56-33-46(34-57-52(64)73-53(4,5)6)61(24-23-55-31-44-29-42(54)30-49(59-44)76(9,67)72-12-3)35-45-26-41(28-48(60-45)75(8,66)71-11-2)51(63)69-37-39-21-17-14-18-22-39/h13-22,25-30,46,55-56H,10-12,23-24,31-37H2,1-9H3,(H,57,64). The lowest BCUT2D eigenvalue weighted by Gasteiger charge is -2.33. The first kappa shape index (κ1) is 62.1. The van der Waals surface area contributed by atoms with Crippen LogP contribution < -0.4 is 32.3 Å². The lowest BCUT2D eigenvalue weighted by molar-refractivity contribution is 0.0463. The maximum absolute atomic E-state index is 14.1. The lowest BCUT2D eigenvalue weighted by Crippen LogP contribution is -2.51. The molecule has 1 amide bonds. The molecular formula is C53H71IN7O12P3. The molecule has 23 heteroatoms. The highest BCUT2D eigenvalue weighted by Gasteiger charge is 2.29. The second-order valence-corrected chi connectivity index (χ2v) is 27.2. The van der Waals surface area contributed by atoms with Gasteiger partial charge in [-0.05, 0) is 112 Å². The molecule has 3 heterocycles. The number of rotatable bonds is 29. The number of hydrogen-bond acceptors (Lipinski definition) is 18. The van der Waals surface area contributed by atoms with Gasteiger partial charge in [0.05, 0.1) is 48.0 Å². The highest BCUT2D eigenvalue weighted by molar-refractivity contribution is 14.1. The number of amides is 1. The summed E-state index contributed by atoms with van der Waals surface area (Å²) in [7, 11) is -10.2. The number of benzene rings is 2. The van der Waals surface area contributed by atoms with Crippen molar-refractivity contribution in [2.75, 3.05) is 66.0 Å². The summed E-state index contributed by atoms with van der Waals surface area (Å²) in [5.41, 5.74) is 2.90. The van der Waals surface area contributed by atoms with Gasteiger partial charge in [-0.15, -0.1) is 0 Å². The van der Waals surface area contributed by atoms with Gasteiger partial charge in [-0.2, -0.15) is 0 Å². The third-order valence-corrected chi connectivity index (χ3v) is 17.2. The fourth-order valence-electron chi connectivity index (χ4n) is 7.60. The SMILES string of the molecule is CCOP(C)(=O)c1cc(I)cc(CNCCN(Cc2cc(C(=O)OCc3ccccc3)cc(P(C)(=O)OCC)n2)C(CNCc2cc(C(=O)OCc3ccccc3)cc(P(C)(=O)OCC)n2)CNC(=O)OC(C)(C)C)n1. The molecule has 4 atom stereocenters. The van der Waals surface area contributed by atoms with Crippen LogP contribution in [0.25, 0.3) is 0 Å². The fourth-order valence-corrected chi connectivity index (χ4v) is 12.4. The summed E-state index contributed by atoms with van der Waals surface area (Å²) < 4.78 is 76.1. The summed E-state index contributed by atoms with van der Waals surface area (Å²) in [6, 6.07) is 27.5. The van der Waals surface area contributed by atoms with Gasteiger partial charge in [0.15, 0.2) is 0 Å². The van der Waals surface area contributed by atoms with Gasteiger partial charge in [0.25, 0.3) is 0 Å². The number of alkyl carbamates (subject to hydrolysis) is 1. The van der Waals surface area contributed by atoms with Gasteiger partial charge in [-0.25, -0.2) is 29.3 Å². The van der Waals surface area contributed by atoms with Crippen molar-refractivity contribution in [2.24, 2.45) is 0 Å². The molecule has 3 N–H and O–H groups in total. The number of halogens is 1. The Kier molecular flexibility index (Phi) is 24.0. The summed E-state index contributed by atoms with van der Waals surface area (Å²) in [5.74, 6) is -1.30. The smallest absolute Gasteiger partial charge is 0.407 e. The van der Waals surface area contributed by atoms with Crippen LogP contribution in [0.15, 0.2) is 97.1 Å². The maximum Gasteiger partial charge on any atom is 0.407 e. The number of pyridine rings is 3. The van der Waals surface area contributed by atoms with Gasteiger partial charge in [0.1, 0.15) is 35.1 Å². The molecule has 0 saturated carbocycles. The first-order chi connectivity index (χ1) is 36.0. The maximum atomic E-state index is 14.1. The number of nitrogens with one attached hydrogen (secondary N) is 3. The van der Waals surface area contributed by atoms with Gasteiger partial charge in [0, 0.05) is 75.4 Å². The van der Waals surface area contributed by atoms with Gasteiger partial charge in [-0.1, -0.05) is 60.7 Å². The molecule has 412 valence electrons. The summed E-state index contributed by atoms with van der Waals surface area (Å²) >= 11 is 2.16. The van der Waals surface area contributed by atoms with E-state index in [0.29, 0.717) is 42.2 Å². The van der Waals surface area contributed by atoms with E-state index in [2.05, 4.69) is 48.5 Å². The van der Waals surface area contributed by atoms with Crippen LogP contribution in [0.5, 0.6) is 0 Å². The van der Waals surface area contributed by atoms with Crippen molar-refractivity contribution in [3.8, 4) is 0 Å². The van der Waals surface area contributed by atoms with E-state index in [1.54, 1.807) is 66.4 Å². The first-order valence-corrected chi connectivity index (χ1v) is 32.2. The lowest BCUT2D eigenvalue weighted by atomic mass is 10.1. The second-order valence-electron chi connectivity index (χ2n) is 18.8. The summed E-state index contributed by atoms with van der Waals surface area (Å²) in [4.78, 5) is 56.9. The molecule has 0 radical (unpaired) electrons. The van der Waals surface area contributed by atoms with Crippen molar-refractivity contribution in [3.05, 3.63) is 140 Å². The van der Waals surface area contributed by atoms with Gasteiger partial charge < -0.3 is 43.7 Å². The van der Waals surface area contributed by atoms with E-state index in [0.717, 1.165) is 14.7 Å². The second kappa shape index (κ2) is 29.3. The minimum absolute atomic E-state index is 0.00238. The van der Waals surface area contributed by atoms with Gasteiger partial charge in [-0.3, -0.25) is 18.6 Å². The zero-order chi connectivity index (χ0) is 55.5. The van der Waals surface area contributed by atoms with E-state index >= 15 is 0 Å². The van der Waals surface area contributed by atoms with Gasteiger partial charge >= 0.3 is 18.0 Å². The third-order valence-electron chi connectivity index (χ3n) is 11.2. The first-order valence-electron chi connectivity index (χ1n) is 24.9. The molecule has 3 aromatic heterocycles. The van der Waals surface area contributed by atoms with E-state index < -0.39 is 51.8 Å². The van der Waals surface area contributed by atoms with E-state index in [4.69, 9.17) is 32.8 Å². The molecule has 0 aliphatic rings. The van der Waals surface area contributed by atoms with Crippen molar-refractivity contribution >= 4 is 79.0 Å². The number of carbonyl (C=O) groups is 3. The number of hydrogen-bond donors (Lipinski definition) is 3. The molecule has 0 aliphatic heterocycles. The average Bonchev–Trinajstić information content (AvgIpc) is 3.37. The molecule has 5 aromatic rings. The summed E-state index contributed by atoms with van der Waals surface area (Å²) in [6.07, 6.45) is -0.661. The van der Waals surface area contributed by atoms with E-state index in [1.807, 2.05) is 71.6 Å². The third kappa shape index (κ3) is 20.3. The molecular weight excluding hydrogens is 1150 g/mol. The number of nitrogens with zero attached hydrogens (tertiary/aromatic N) is 4. The molecule has 0 saturated heterocycles. The van der Waals surface area contributed by atoms with Crippen molar-refractivity contribution < 1.29 is 55.9 Å². The Balaban J connectivity index is 1.52. The van der Waals surface area contributed by atoms with E-state index in [-0.39, 0.29) is 81.2 Å². The quantitative estimate of drug-likeness (QED) is 0.0135. The molecule has 19 nitrogen and oxygen atoms in total. The number of aromatic nitrogens is 3. The van der Waals surface area contributed by atoms with Gasteiger partial charge in [0.2, 0.25) is 22.1 Å². The monoisotopic (exact) mass is 1220 g/mol. The zero-order valence-corrected chi connectivity index (χ0v) is 49.5. The summed E-state index contributed by atoms with van der Waals surface area (Å²) in [6.45, 7) is 16.7. The zero-order valence-electron chi connectivity index (χ0n) is 44.7. The minimum Gasteiger partial charge on any atom is -0.457 e.